The van der Waals surface area contributed by atoms with E-state index in [1.807, 2.05) is 34.0 Å². The van der Waals surface area contributed by atoms with Crippen LogP contribution in [0.15, 0.2) is 5.16 Å². The van der Waals surface area contributed by atoms with Gasteiger partial charge in [-0.1, -0.05) is 11.8 Å². The van der Waals surface area contributed by atoms with Gasteiger partial charge in [-0.25, -0.2) is 9.97 Å². The van der Waals surface area contributed by atoms with E-state index in [1.165, 1.54) is 16.7 Å². The van der Waals surface area contributed by atoms with E-state index in [2.05, 4.69) is 15.3 Å². The number of hydrogen-bond donors (Lipinski definition) is 1. The van der Waals surface area contributed by atoms with Crippen LogP contribution in [-0.2, 0) is 16.0 Å². The van der Waals surface area contributed by atoms with Crippen LogP contribution in [0.25, 0.3) is 0 Å². The molecule has 6 nitrogen and oxygen atoms in total. The van der Waals surface area contributed by atoms with Gasteiger partial charge in [0.1, 0.15) is 0 Å². The van der Waals surface area contributed by atoms with Gasteiger partial charge in [0.15, 0.2) is 5.16 Å². The van der Waals surface area contributed by atoms with Crippen LogP contribution in [-0.4, -0.2) is 52.6 Å². The number of carbonyl (C=O) groups is 2. The summed E-state index contributed by atoms with van der Waals surface area (Å²) in [5.41, 5.74) is 2.83. The lowest BCUT2D eigenvalue weighted by atomic mass is 10.1. The maximum absolute atomic E-state index is 12.2. The molecular formula is C16H26N4O2S. The lowest BCUT2D eigenvalue weighted by Gasteiger charge is -2.18. The van der Waals surface area contributed by atoms with E-state index in [-0.39, 0.29) is 24.4 Å². The molecule has 0 aliphatic heterocycles. The minimum absolute atomic E-state index is 0.0587. The Hall–Kier alpha value is -1.63. The summed E-state index contributed by atoms with van der Waals surface area (Å²) in [6.45, 7) is 7.74. The summed E-state index contributed by atoms with van der Waals surface area (Å²) >= 11 is 1.50. The van der Waals surface area contributed by atoms with E-state index < -0.39 is 0 Å². The molecular weight excluding hydrogens is 312 g/mol. The van der Waals surface area contributed by atoms with Crippen LogP contribution in [0.3, 0.4) is 0 Å². The van der Waals surface area contributed by atoms with E-state index in [1.54, 1.807) is 7.05 Å². The van der Waals surface area contributed by atoms with Crippen molar-refractivity contribution in [2.24, 2.45) is 0 Å². The zero-order chi connectivity index (χ0) is 17.6. The van der Waals surface area contributed by atoms with Crippen molar-refractivity contribution in [3.8, 4) is 0 Å². The summed E-state index contributed by atoms with van der Waals surface area (Å²) in [6, 6.07) is 0.0726. The highest BCUT2D eigenvalue weighted by atomic mass is 32.2. The van der Waals surface area contributed by atoms with Gasteiger partial charge in [0, 0.05) is 30.9 Å². The number of nitrogens with zero attached hydrogens (tertiary/aromatic N) is 3. The van der Waals surface area contributed by atoms with Gasteiger partial charge in [-0.15, -0.1) is 0 Å². The molecule has 0 saturated heterocycles. The molecule has 1 heterocycles. The maximum atomic E-state index is 12.2. The average molecular weight is 338 g/mol. The van der Waals surface area contributed by atoms with Crippen molar-refractivity contribution < 1.29 is 9.59 Å². The minimum atomic E-state index is -0.143. The summed E-state index contributed by atoms with van der Waals surface area (Å²) in [4.78, 5) is 34.2. The summed E-state index contributed by atoms with van der Waals surface area (Å²) in [6.07, 6.45) is 2.87. The smallest absolute Gasteiger partial charge is 0.239 e. The lowest BCUT2D eigenvalue weighted by molar-refractivity contribution is -0.134. The van der Waals surface area contributed by atoms with Crippen LogP contribution in [0.4, 0.5) is 0 Å². The zero-order valence-corrected chi connectivity index (χ0v) is 15.6. The number of nitrogens with one attached hydrogen (secondary N) is 1. The predicted molar refractivity (Wildman–Crippen MR) is 92.5 cm³/mol. The number of hydrogen-bond acceptors (Lipinski definition) is 5. The van der Waals surface area contributed by atoms with Crippen LogP contribution in [0.1, 0.15) is 37.2 Å². The molecule has 0 saturated carbocycles. The molecule has 1 aromatic heterocycles. The Labute approximate surface area is 142 Å². The second-order valence-corrected chi connectivity index (χ2v) is 6.61. The number of aromatic nitrogens is 2. The molecule has 1 N–H and O–H groups in total. The monoisotopic (exact) mass is 338 g/mol. The zero-order valence-electron chi connectivity index (χ0n) is 14.8. The van der Waals surface area contributed by atoms with E-state index in [9.17, 15) is 9.59 Å². The molecule has 7 heteroatoms. The van der Waals surface area contributed by atoms with Crippen molar-refractivity contribution in [3.63, 3.8) is 0 Å². The molecule has 0 unspecified atom stereocenters. The van der Waals surface area contributed by atoms with E-state index in [4.69, 9.17) is 0 Å². The molecule has 0 aromatic carbocycles. The van der Waals surface area contributed by atoms with Gasteiger partial charge >= 0.3 is 0 Å². The van der Waals surface area contributed by atoms with Gasteiger partial charge in [-0.2, -0.15) is 0 Å². The van der Waals surface area contributed by atoms with Crippen molar-refractivity contribution >= 4 is 23.6 Å². The van der Waals surface area contributed by atoms with Crippen LogP contribution in [0.2, 0.25) is 0 Å². The fourth-order valence-electron chi connectivity index (χ4n) is 2.26. The van der Waals surface area contributed by atoms with Gasteiger partial charge in [-0.05, 0) is 45.9 Å². The summed E-state index contributed by atoms with van der Waals surface area (Å²) < 4.78 is 0. The summed E-state index contributed by atoms with van der Waals surface area (Å²) in [5.74, 6) is -0.201. The fourth-order valence-corrected chi connectivity index (χ4v) is 2.71. The summed E-state index contributed by atoms with van der Waals surface area (Å²) in [5, 5.41) is 3.53. The van der Waals surface area contributed by atoms with Crippen molar-refractivity contribution in [3.05, 3.63) is 17.0 Å². The number of aryl methyl sites for hydroxylation is 2. The Balaban J connectivity index is 2.61. The largest absolute Gasteiger partial charge is 0.352 e. The fraction of sp³-hybridized carbons (Fsp3) is 0.625. The topological polar surface area (TPSA) is 75.2 Å². The van der Waals surface area contributed by atoms with Gasteiger partial charge in [0.25, 0.3) is 0 Å². The second-order valence-electron chi connectivity index (χ2n) is 5.83. The average Bonchev–Trinajstić information content (AvgIpc) is 2.44. The molecule has 0 radical (unpaired) electrons. The highest BCUT2D eigenvalue weighted by molar-refractivity contribution is 7.98. The molecule has 0 aliphatic carbocycles. The van der Waals surface area contributed by atoms with Crippen LogP contribution < -0.4 is 5.32 Å². The molecule has 0 atom stereocenters. The van der Waals surface area contributed by atoms with Crippen molar-refractivity contribution in [2.75, 3.05) is 19.8 Å². The molecule has 1 aromatic rings. The molecule has 128 valence electrons. The Morgan fingerprint density at radius 3 is 2.26 bits per heavy atom. The first-order valence-corrected chi connectivity index (χ1v) is 8.88. The molecule has 23 heavy (non-hydrogen) atoms. The van der Waals surface area contributed by atoms with E-state index >= 15 is 0 Å². The number of amides is 2. The Kier molecular flexibility index (Phi) is 7.48. The maximum Gasteiger partial charge on any atom is 0.239 e. The SMILES string of the molecule is CSc1nc(C)c(CCC(=O)N(C)CC(=O)NC(C)C)c(C)n1. The number of likely N-dealkylation sites (N-methyl/N-ethyl adjacent to an activating group) is 1. The van der Waals surface area contributed by atoms with Crippen molar-refractivity contribution in [2.45, 2.75) is 51.7 Å². The lowest BCUT2D eigenvalue weighted by Crippen LogP contribution is -2.40. The van der Waals surface area contributed by atoms with E-state index in [0.717, 1.165) is 22.1 Å². The third-order valence-corrected chi connectivity index (χ3v) is 3.98. The molecule has 1 rings (SSSR count). The molecule has 0 fully saturated rings. The predicted octanol–water partition coefficient (Wildman–Crippen LogP) is 1.73. The Morgan fingerprint density at radius 2 is 1.78 bits per heavy atom. The van der Waals surface area contributed by atoms with Crippen LogP contribution in [0.5, 0.6) is 0 Å². The molecule has 0 spiro atoms. The number of carbonyl (C=O) groups excluding carboxylic acids is 2. The Bertz CT molecular complexity index is 552. The third kappa shape index (κ3) is 6.17. The van der Waals surface area contributed by atoms with Gasteiger partial charge < -0.3 is 10.2 Å². The van der Waals surface area contributed by atoms with Crippen LogP contribution >= 0.6 is 11.8 Å². The first-order valence-electron chi connectivity index (χ1n) is 7.66. The standard InChI is InChI=1S/C16H26N4O2S/c1-10(2)17-14(21)9-20(5)15(22)8-7-13-11(3)18-16(23-6)19-12(13)4/h10H,7-9H2,1-6H3,(H,17,21). The molecule has 2 amide bonds. The molecule has 0 bridgehead atoms. The third-order valence-electron chi connectivity index (χ3n) is 3.43. The van der Waals surface area contributed by atoms with Crippen LogP contribution in [0, 0.1) is 13.8 Å². The second kappa shape index (κ2) is 8.86. The van der Waals surface area contributed by atoms with Gasteiger partial charge in [0.05, 0.1) is 6.54 Å². The first-order chi connectivity index (χ1) is 10.7. The molecule has 0 aliphatic rings. The quantitative estimate of drug-likeness (QED) is 0.605. The highest BCUT2D eigenvalue weighted by Crippen LogP contribution is 2.17. The van der Waals surface area contributed by atoms with Gasteiger partial charge in [-0.3, -0.25) is 9.59 Å². The number of rotatable bonds is 7. The van der Waals surface area contributed by atoms with Gasteiger partial charge in [0.2, 0.25) is 11.8 Å². The summed E-state index contributed by atoms with van der Waals surface area (Å²) in [7, 11) is 1.65. The van der Waals surface area contributed by atoms with Crippen molar-refractivity contribution in [1.82, 2.24) is 20.2 Å². The number of thioether (sulfide) groups is 1. The normalized spacial score (nSPS) is 10.7. The highest BCUT2D eigenvalue weighted by Gasteiger charge is 2.15. The Morgan fingerprint density at radius 1 is 1.22 bits per heavy atom. The van der Waals surface area contributed by atoms with Crippen molar-refractivity contribution in [1.29, 1.82) is 0 Å². The first kappa shape index (κ1) is 19.4. The minimum Gasteiger partial charge on any atom is -0.352 e. The van der Waals surface area contributed by atoms with E-state index in [0.29, 0.717) is 12.8 Å².